The van der Waals surface area contributed by atoms with Gasteiger partial charge in [-0.1, -0.05) is 17.7 Å². The van der Waals surface area contributed by atoms with E-state index in [4.69, 9.17) is 17.4 Å². The number of nitrogens with zero attached hydrogens (tertiary/aromatic N) is 1. The molecule has 0 atom stereocenters. The summed E-state index contributed by atoms with van der Waals surface area (Å²) in [6, 6.07) is 11.7. The van der Waals surface area contributed by atoms with Crippen LogP contribution in [0.25, 0.3) is 0 Å². The Bertz CT molecular complexity index is 601. The first-order valence-electron chi connectivity index (χ1n) is 5.38. The van der Waals surface area contributed by atoms with Crippen molar-refractivity contribution in [2.75, 3.05) is 10.7 Å². The number of nitrogens with two attached hydrogens (primary N) is 1. The second kappa shape index (κ2) is 5.55. The number of para-hydroxylation sites is 1. The molecule has 6 nitrogen and oxygen atoms in total. The molecule has 19 heavy (non-hydrogen) atoms. The number of nitrogens with one attached hydrogen (secondary N) is 2. The van der Waals surface area contributed by atoms with Crippen LogP contribution in [0.1, 0.15) is 0 Å². The third-order valence-corrected chi connectivity index (χ3v) is 2.75. The smallest absolute Gasteiger partial charge is 0.316 e. The van der Waals surface area contributed by atoms with Crippen molar-refractivity contribution in [2.45, 2.75) is 0 Å². The normalized spacial score (nSPS) is 10.0. The highest BCUT2D eigenvalue weighted by Crippen LogP contribution is 2.34. The van der Waals surface area contributed by atoms with Crippen molar-refractivity contribution in [3.05, 3.63) is 57.6 Å². The minimum atomic E-state index is -0.493. The van der Waals surface area contributed by atoms with Gasteiger partial charge < -0.3 is 10.7 Å². The van der Waals surface area contributed by atoms with Crippen LogP contribution in [-0.4, -0.2) is 4.92 Å². The van der Waals surface area contributed by atoms with Crippen molar-refractivity contribution < 1.29 is 4.92 Å². The van der Waals surface area contributed by atoms with Gasteiger partial charge in [-0.05, 0) is 36.4 Å². The van der Waals surface area contributed by atoms with Crippen LogP contribution in [0, 0.1) is 10.1 Å². The summed E-state index contributed by atoms with van der Waals surface area (Å²) in [5.41, 5.74) is 3.48. The van der Waals surface area contributed by atoms with E-state index in [1.807, 2.05) is 0 Å². The zero-order valence-corrected chi connectivity index (χ0v) is 10.5. The summed E-state index contributed by atoms with van der Waals surface area (Å²) < 4.78 is 0. The van der Waals surface area contributed by atoms with Gasteiger partial charge in [-0.15, -0.1) is 0 Å². The van der Waals surface area contributed by atoms with E-state index < -0.39 is 4.92 Å². The molecule has 0 amide bonds. The molecule has 0 aliphatic carbocycles. The number of halogens is 1. The van der Waals surface area contributed by atoms with Gasteiger partial charge in [0, 0.05) is 10.7 Å². The molecule has 0 radical (unpaired) electrons. The molecule has 4 N–H and O–H groups in total. The lowest BCUT2D eigenvalue weighted by Gasteiger charge is -2.09. The molecule has 0 aliphatic heterocycles. The van der Waals surface area contributed by atoms with E-state index in [1.54, 1.807) is 36.4 Å². The van der Waals surface area contributed by atoms with Crippen LogP contribution in [-0.2, 0) is 0 Å². The van der Waals surface area contributed by atoms with Gasteiger partial charge in [0.25, 0.3) is 0 Å². The fraction of sp³-hybridized carbons (Fsp3) is 0. The van der Waals surface area contributed by atoms with Crippen LogP contribution in [0.3, 0.4) is 0 Å². The molecule has 2 aromatic carbocycles. The Hall–Kier alpha value is -2.31. The Morgan fingerprint density at radius 1 is 1.11 bits per heavy atom. The highest BCUT2D eigenvalue weighted by molar-refractivity contribution is 6.30. The van der Waals surface area contributed by atoms with Gasteiger partial charge in [0.2, 0.25) is 0 Å². The second-order valence-electron chi connectivity index (χ2n) is 3.74. The quantitative estimate of drug-likeness (QED) is 0.453. The lowest BCUT2D eigenvalue weighted by molar-refractivity contribution is -0.383. The van der Waals surface area contributed by atoms with Crippen molar-refractivity contribution >= 4 is 34.4 Å². The molecular weight excluding hydrogens is 268 g/mol. The number of hydrogen-bond donors (Lipinski definition) is 3. The summed E-state index contributed by atoms with van der Waals surface area (Å²) in [4.78, 5) is 10.6. The highest BCUT2D eigenvalue weighted by Gasteiger charge is 2.19. The Labute approximate surface area is 114 Å². The number of anilines is 3. The number of hydrogen-bond acceptors (Lipinski definition) is 5. The van der Waals surface area contributed by atoms with E-state index in [-0.39, 0.29) is 11.4 Å². The molecule has 0 aromatic heterocycles. The molecule has 0 bridgehead atoms. The first kappa shape index (κ1) is 13.1. The Morgan fingerprint density at radius 2 is 1.74 bits per heavy atom. The van der Waals surface area contributed by atoms with Gasteiger partial charge in [0.15, 0.2) is 0 Å². The number of nitrogen functional groups attached to an aromatic ring is 1. The zero-order valence-electron chi connectivity index (χ0n) is 9.76. The molecule has 0 unspecified atom stereocenters. The molecule has 0 heterocycles. The monoisotopic (exact) mass is 278 g/mol. The Balaban J connectivity index is 2.39. The van der Waals surface area contributed by atoms with Crippen LogP contribution in [0.4, 0.5) is 22.7 Å². The summed E-state index contributed by atoms with van der Waals surface area (Å²) >= 11 is 5.78. The van der Waals surface area contributed by atoms with Crippen LogP contribution < -0.4 is 16.6 Å². The fourth-order valence-corrected chi connectivity index (χ4v) is 1.77. The van der Waals surface area contributed by atoms with E-state index in [1.165, 1.54) is 6.07 Å². The predicted molar refractivity (Wildman–Crippen MR) is 75.6 cm³/mol. The number of nitro groups is 1. The van der Waals surface area contributed by atoms with Gasteiger partial charge in [0.1, 0.15) is 11.4 Å². The number of nitro benzene ring substituents is 1. The van der Waals surface area contributed by atoms with E-state index in [9.17, 15) is 10.1 Å². The molecule has 2 rings (SSSR count). The molecule has 7 heteroatoms. The summed E-state index contributed by atoms with van der Waals surface area (Å²) in [5.74, 6) is 5.27. The lowest BCUT2D eigenvalue weighted by Crippen LogP contribution is -2.10. The minimum absolute atomic E-state index is 0.111. The summed E-state index contributed by atoms with van der Waals surface area (Å²) in [6.45, 7) is 0. The average Bonchev–Trinajstić information content (AvgIpc) is 2.40. The molecule has 2 aromatic rings. The Morgan fingerprint density at radius 3 is 2.32 bits per heavy atom. The third-order valence-electron chi connectivity index (χ3n) is 2.50. The molecule has 0 fully saturated rings. The standard InChI is InChI=1S/C12H11ClN4O2/c13-8-4-6-9(7-5-8)15-10-2-1-3-11(16-14)12(10)17(18)19/h1-7,15-16H,14H2. The molecule has 0 spiro atoms. The van der Waals surface area contributed by atoms with Crippen molar-refractivity contribution in [1.82, 2.24) is 0 Å². The largest absolute Gasteiger partial charge is 0.350 e. The number of rotatable bonds is 4. The maximum atomic E-state index is 11.1. The van der Waals surface area contributed by atoms with Crippen LogP contribution >= 0.6 is 11.6 Å². The van der Waals surface area contributed by atoms with E-state index in [2.05, 4.69) is 10.7 Å². The summed E-state index contributed by atoms with van der Waals surface area (Å²) in [5, 5.41) is 14.6. The van der Waals surface area contributed by atoms with Crippen LogP contribution in [0.2, 0.25) is 5.02 Å². The molecule has 98 valence electrons. The van der Waals surface area contributed by atoms with E-state index >= 15 is 0 Å². The van der Waals surface area contributed by atoms with E-state index in [0.717, 1.165) is 0 Å². The average molecular weight is 279 g/mol. The van der Waals surface area contributed by atoms with Crippen LogP contribution in [0.15, 0.2) is 42.5 Å². The van der Waals surface area contributed by atoms with Gasteiger partial charge >= 0.3 is 5.69 Å². The second-order valence-corrected chi connectivity index (χ2v) is 4.17. The molecule has 0 aliphatic rings. The van der Waals surface area contributed by atoms with Gasteiger partial charge in [-0.25, -0.2) is 0 Å². The number of hydrazine groups is 1. The fourth-order valence-electron chi connectivity index (χ4n) is 1.65. The van der Waals surface area contributed by atoms with Crippen molar-refractivity contribution in [3.8, 4) is 0 Å². The minimum Gasteiger partial charge on any atom is -0.350 e. The topological polar surface area (TPSA) is 93.2 Å². The van der Waals surface area contributed by atoms with Crippen molar-refractivity contribution in [1.29, 1.82) is 0 Å². The SMILES string of the molecule is NNc1cccc(Nc2ccc(Cl)cc2)c1[N+](=O)[O-]. The number of benzene rings is 2. The molecule has 0 saturated heterocycles. The zero-order chi connectivity index (χ0) is 13.8. The first-order chi connectivity index (χ1) is 9.11. The molecular formula is C12H11ClN4O2. The maximum absolute atomic E-state index is 11.1. The maximum Gasteiger partial charge on any atom is 0.316 e. The first-order valence-corrected chi connectivity index (χ1v) is 5.76. The van der Waals surface area contributed by atoms with Gasteiger partial charge in [0.05, 0.1) is 4.92 Å². The Kier molecular flexibility index (Phi) is 3.84. The lowest BCUT2D eigenvalue weighted by atomic mass is 10.2. The van der Waals surface area contributed by atoms with E-state index in [0.29, 0.717) is 16.4 Å². The van der Waals surface area contributed by atoms with Crippen LogP contribution in [0.5, 0.6) is 0 Å². The predicted octanol–water partition coefficient (Wildman–Crippen LogP) is 3.28. The van der Waals surface area contributed by atoms with Gasteiger partial charge in [-0.2, -0.15) is 0 Å². The molecule has 0 saturated carbocycles. The van der Waals surface area contributed by atoms with Crippen molar-refractivity contribution in [3.63, 3.8) is 0 Å². The summed E-state index contributed by atoms with van der Waals surface area (Å²) in [6.07, 6.45) is 0. The third kappa shape index (κ3) is 2.93. The summed E-state index contributed by atoms with van der Waals surface area (Å²) in [7, 11) is 0. The van der Waals surface area contributed by atoms with Gasteiger partial charge in [-0.3, -0.25) is 16.0 Å². The van der Waals surface area contributed by atoms with Crippen molar-refractivity contribution in [2.24, 2.45) is 5.84 Å². The highest BCUT2D eigenvalue weighted by atomic mass is 35.5.